The fourth-order valence-electron chi connectivity index (χ4n) is 4.59. The van der Waals surface area contributed by atoms with E-state index in [2.05, 4.69) is 4.98 Å². The lowest BCUT2D eigenvalue weighted by Crippen LogP contribution is -2.46. The molecule has 0 unspecified atom stereocenters. The highest BCUT2D eigenvalue weighted by Gasteiger charge is 2.47. The van der Waals surface area contributed by atoms with E-state index in [-0.39, 0.29) is 30.7 Å². The number of carbonyl (C=O) groups excluding carboxylic acids is 1. The Balaban J connectivity index is 1.44. The Morgan fingerprint density at radius 3 is 2.82 bits per heavy atom. The topological polar surface area (TPSA) is 83.6 Å². The second-order valence-electron chi connectivity index (χ2n) is 7.60. The van der Waals surface area contributed by atoms with E-state index in [1.54, 1.807) is 23.1 Å². The Morgan fingerprint density at radius 2 is 2.04 bits per heavy atom. The third kappa shape index (κ3) is 3.53. The van der Waals surface area contributed by atoms with Gasteiger partial charge < -0.3 is 14.4 Å². The van der Waals surface area contributed by atoms with E-state index < -0.39 is 17.8 Å². The van der Waals surface area contributed by atoms with Crippen LogP contribution in [0.4, 0.5) is 4.39 Å². The van der Waals surface area contributed by atoms with Crippen molar-refractivity contribution >= 4 is 11.9 Å². The summed E-state index contributed by atoms with van der Waals surface area (Å²) < 4.78 is 19.5. The first-order valence-corrected chi connectivity index (χ1v) is 9.78. The van der Waals surface area contributed by atoms with Crippen molar-refractivity contribution < 1.29 is 23.5 Å². The van der Waals surface area contributed by atoms with Crippen molar-refractivity contribution in [1.82, 2.24) is 9.88 Å². The molecule has 2 aromatic rings. The number of aromatic nitrogens is 1. The highest BCUT2D eigenvalue weighted by atomic mass is 19.1. The molecule has 6 nitrogen and oxygen atoms in total. The number of aliphatic carboxylic acids is 1. The smallest absolute Gasteiger partial charge is 0.326 e. The van der Waals surface area contributed by atoms with Gasteiger partial charge in [-0.2, -0.15) is 0 Å². The predicted octanol–water partition coefficient (Wildman–Crippen LogP) is 3.66. The average molecular weight is 386 g/mol. The first-order valence-electron chi connectivity index (χ1n) is 9.78. The summed E-state index contributed by atoms with van der Waals surface area (Å²) in [5.74, 6) is -0.553. The maximum atomic E-state index is 13.9. The maximum absolute atomic E-state index is 13.9. The van der Waals surface area contributed by atoms with Crippen molar-refractivity contribution in [1.29, 1.82) is 0 Å². The van der Waals surface area contributed by atoms with Crippen molar-refractivity contribution in [3.8, 4) is 11.3 Å². The largest absolute Gasteiger partial charge is 0.480 e. The summed E-state index contributed by atoms with van der Waals surface area (Å²) in [5, 5.41) is 9.56. The minimum atomic E-state index is -0.930. The SMILES string of the molecule is O=C(O)[C@@H]1C[C@@H]2CCCC[C@H]2N1C(=O)CCc1ncc(-c2ccccc2F)o1. The van der Waals surface area contributed by atoms with Crippen LogP contribution < -0.4 is 0 Å². The average Bonchev–Trinajstić information content (AvgIpc) is 3.31. The van der Waals surface area contributed by atoms with Crippen LogP contribution in [0.5, 0.6) is 0 Å². The molecule has 1 aromatic heterocycles. The van der Waals surface area contributed by atoms with Gasteiger partial charge in [0.15, 0.2) is 11.7 Å². The van der Waals surface area contributed by atoms with Crippen LogP contribution in [0.25, 0.3) is 11.3 Å². The van der Waals surface area contributed by atoms with E-state index in [1.807, 2.05) is 0 Å². The standard InChI is InChI=1S/C21H23FN2O4/c22-15-7-3-2-6-14(15)18-12-23-19(28-18)9-10-20(25)24-16-8-4-1-5-13(16)11-17(24)21(26)27/h2-3,6-7,12-13,16-17H,1,4-5,8-11H2,(H,26,27)/t13-,16+,17-/m0/s1. The van der Waals surface area contributed by atoms with Crippen LogP contribution in [0, 0.1) is 11.7 Å². The minimum absolute atomic E-state index is 0.0286. The minimum Gasteiger partial charge on any atom is -0.480 e. The Morgan fingerprint density at radius 1 is 1.25 bits per heavy atom. The number of likely N-dealkylation sites (tertiary alicyclic amines) is 1. The number of nitrogens with zero attached hydrogens (tertiary/aromatic N) is 2. The fraction of sp³-hybridized carbons (Fsp3) is 0.476. The predicted molar refractivity (Wildman–Crippen MR) is 98.9 cm³/mol. The highest BCUT2D eigenvalue weighted by Crippen LogP contribution is 2.40. The number of rotatable bonds is 5. The summed E-state index contributed by atoms with van der Waals surface area (Å²) in [6.45, 7) is 0. The molecule has 1 aliphatic heterocycles. The van der Waals surface area contributed by atoms with Crippen molar-refractivity contribution in [2.75, 3.05) is 0 Å². The van der Waals surface area contributed by atoms with Gasteiger partial charge in [-0.15, -0.1) is 0 Å². The molecule has 1 aromatic carbocycles. The van der Waals surface area contributed by atoms with Gasteiger partial charge in [0.05, 0.1) is 11.8 Å². The summed E-state index contributed by atoms with van der Waals surface area (Å²) in [4.78, 5) is 30.3. The molecule has 0 spiro atoms. The number of oxazole rings is 1. The summed E-state index contributed by atoms with van der Waals surface area (Å²) in [6.07, 6.45) is 6.37. The highest BCUT2D eigenvalue weighted by molar-refractivity contribution is 5.85. The Kier molecular flexibility index (Phi) is 5.15. The second-order valence-corrected chi connectivity index (χ2v) is 7.60. The maximum Gasteiger partial charge on any atom is 0.326 e. The molecule has 148 valence electrons. The van der Waals surface area contributed by atoms with E-state index >= 15 is 0 Å². The molecule has 28 heavy (non-hydrogen) atoms. The van der Waals surface area contributed by atoms with Crippen LogP contribution in [0.1, 0.15) is 44.4 Å². The summed E-state index contributed by atoms with van der Waals surface area (Å²) >= 11 is 0. The second kappa shape index (κ2) is 7.73. The lowest BCUT2D eigenvalue weighted by Gasteiger charge is -2.33. The Labute approximate surface area is 162 Å². The van der Waals surface area contributed by atoms with Gasteiger partial charge in [-0.05, 0) is 37.3 Å². The number of amides is 1. The normalized spacial score (nSPS) is 24.2. The number of carboxylic acids is 1. The molecule has 4 rings (SSSR count). The third-order valence-corrected chi connectivity index (χ3v) is 5.91. The number of benzene rings is 1. The fourth-order valence-corrected chi connectivity index (χ4v) is 4.59. The quantitative estimate of drug-likeness (QED) is 0.848. The van der Waals surface area contributed by atoms with Crippen molar-refractivity contribution in [3.05, 3.63) is 42.2 Å². The van der Waals surface area contributed by atoms with Gasteiger partial charge in [-0.25, -0.2) is 14.2 Å². The van der Waals surface area contributed by atoms with Crippen LogP contribution >= 0.6 is 0 Å². The van der Waals surface area contributed by atoms with E-state index in [4.69, 9.17) is 4.42 Å². The van der Waals surface area contributed by atoms with Gasteiger partial charge in [0.25, 0.3) is 0 Å². The molecule has 0 bridgehead atoms. The lowest BCUT2D eigenvalue weighted by molar-refractivity contribution is -0.149. The molecule has 2 fully saturated rings. The zero-order valence-electron chi connectivity index (χ0n) is 15.5. The Bertz CT molecular complexity index is 881. The number of hydrogen-bond acceptors (Lipinski definition) is 4. The van der Waals surface area contributed by atoms with Crippen LogP contribution in [-0.2, 0) is 16.0 Å². The number of carbonyl (C=O) groups is 2. The van der Waals surface area contributed by atoms with Crippen LogP contribution in [0.2, 0.25) is 0 Å². The Hall–Kier alpha value is -2.70. The van der Waals surface area contributed by atoms with Crippen LogP contribution in [-0.4, -0.2) is 39.0 Å². The van der Waals surface area contributed by atoms with Gasteiger partial charge in [0.2, 0.25) is 5.91 Å². The van der Waals surface area contributed by atoms with E-state index in [0.717, 1.165) is 25.7 Å². The first kappa shape index (κ1) is 18.7. The molecule has 7 heteroatoms. The molecule has 2 aliphatic rings. The van der Waals surface area contributed by atoms with Crippen LogP contribution in [0.15, 0.2) is 34.9 Å². The number of halogens is 1. The first-order chi connectivity index (χ1) is 13.5. The molecule has 1 amide bonds. The molecule has 2 heterocycles. The third-order valence-electron chi connectivity index (χ3n) is 5.91. The van der Waals surface area contributed by atoms with Crippen molar-refractivity contribution in [3.63, 3.8) is 0 Å². The molecule has 3 atom stereocenters. The number of carboxylic acid groups (broad SMARTS) is 1. The molecule has 1 aliphatic carbocycles. The molecular weight excluding hydrogens is 363 g/mol. The van der Waals surface area contributed by atoms with Crippen LogP contribution in [0.3, 0.4) is 0 Å². The van der Waals surface area contributed by atoms with Gasteiger partial charge >= 0.3 is 5.97 Å². The molecule has 0 radical (unpaired) electrons. The number of fused-ring (bicyclic) bond motifs is 1. The van der Waals surface area contributed by atoms with Gasteiger partial charge in [-0.3, -0.25) is 4.79 Å². The zero-order chi connectivity index (χ0) is 19.7. The summed E-state index contributed by atoms with van der Waals surface area (Å²) in [5.41, 5.74) is 0.322. The van der Waals surface area contributed by atoms with Gasteiger partial charge in [0, 0.05) is 18.9 Å². The van der Waals surface area contributed by atoms with E-state index in [9.17, 15) is 19.1 Å². The number of hydrogen-bond donors (Lipinski definition) is 1. The lowest BCUT2D eigenvalue weighted by atomic mass is 9.84. The zero-order valence-corrected chi connectivity index (χ0v) is 15.5. The van der Waals surface area contributed by atoms with Gasteiger partial charge in [-0.1, -0.05) is 25.0 Å². The molecule has 1 saturated heterocycles. The molecule has 1 N–H and O–H groups in total. The van der Waals surface area contributed by atoms with Crippen molar-refractivity contribution in [2.24, 2.45) is 5.92 Å². The summed E-state index contributed by atoms with van der Waals surface area (Å²) in [6, 6.07) is 5.56. The molecule has 1 saturated carbocycles. The number of aryl methyl sites for hydroxylation is 1. The van der Waals surface area contributed by atoms with Crippen molar-refractivity contribution in [2.45, 2.75) is 57.0 Å². The van der Waals surface area contributed by atoms with E-state index in [1.165, 1.54) is 12.3 Å². The van der Waals surface area contributed by atoms with E-state index in [0.29, 0.717) is 23.6 Å². The summed E-state index contributed by atoms with van der Waals surface area (Å²) in [7, 11) is 0. The monoisotopic (exact) mass is 386 g/mol. The van der Waals surface area contributed by atoms with Gasteiger partial charge in [0.1, 0.15) is 11.9 Å². The molecular formula is C21H23FN2O4.